The van der Waals surface area contributed by atoms with Crippen LogP contribution in [0.3, 0.4) is 0 Å². The van der Waals surface area contributed by atoms with Gasteiger partial charge in [-0.05, 0) is 68.1 Å². The molecule has 0 aliphatic heterocycles. The van der Waals surface area contributed by atoms with Crippen molar-refractivity contribution in [3.05, 3.63) is 95.3 Å². The summed E-state index contributed by atoms with van der Waals surface area (Å²) >= 11 is 0. The topological polar surface area (TPSA) is 86.8 Å². The second kappa shape index (κ2) is 14.1. The standard InChI is InChI=1S/C31H38FN3O4S/c1-5-7-20-33-31(37)24(4)34(21-25-14-16-27(32)17-15-25)30(36)22-35(29-11-9-8-10-26(29)6-2)40(38,39)28-18-12-23(3)13-19-28/h8-19,24H,5-7,20-22H2,1-4H3,(H,33,37)/t24-/m1/s1. The van der Waals surface area contributed by atoms with Gasteiger partial charge in [0.2, 0.25) is 11.8 Å². The van der Waals surface area contributed by atoms with Crippen LogP contribution >= 0.6 is 0 Å². The fourth-order valence-corrected chi connectivity index (χ4v) is 5.76. The first-order chi connectivity index (χ1) is 19.1. The van der Waals surface area contributed by atoms with E-state index in [4.69, 9.17) is 0 Å². The highest BCUT2D eigenvalue weighted by molar-refractivity contribution is 7.92. The fourth-order valence-electron chi connectivity index (χ4n) is 4.31. The van der Waals surface area contributed by atoms with Crippen molar-refractivity contribution in [1.82, 2.24) is 10.2 Å². The Balaban J connectivity index is 2.03. The Morgan fingerprint density at radius 1 is 0.950 bits per heavy atom. The normalized spacial score (nSPS) is 12.0. The molecular formula is C31H38FN3O4S. The summed E-state index contributed by atoms with van der Waals surface area (Å²) in [6.45, 7) is 7.37. The molecule has 3 aromatic carbocycles. The van der Waals surface area contributed by atoms with Gasteiger partial charge in [0, 0.05) is 13.1 Å². The predicted molar refractivity (Wildman–Crippen MR) is 156 cm³/mol. The van der Waals surface area contributed by atoms with Crippen molar-refractivity contribution in [3.63, 3.8) is 0 Å². The van der Waals surface area contributed by atoms with Gasteiger partial charge >= 0.3 is 0 Å². The Morgan fingerprint density at radius 3 is 2.23 bits per heavy atom. The van der Waals surface area contributed by atoms with Crippen LogP contribution in [0, 0.1) is 12.7 Å². The van der Waals surface area contributed by atoms with Gasteiger partial charge in [0.05, 0.1) is 10.6 Å². The quantitative estimate of drug-likeness (QED) is 0.287. The highest BCUT2D eigenvalue weighted by atomic mass is 32.2. The number of benzene rings is 3. The van der Waals surface area contributed by atoms with Crippen LogP contribution in [0.4, 0.5) is 10.1 Å². The molecule has 1 N–H and O–H groups in total. The van der Waals surface area contributed by atoms with Crippen molar-refractivity contribution in [2.24, 2.45) is 0 Å². The number of rotatable bonds is 13. The third-order valence-corrected chi connectivity index (χ3v) is 8.57. The van der Waals surface area contributed by atoms with Crippen molar-refractivity contribution in [2.75, 3.05) is 17.4 Å². The molecule has 3 rings (SSSR count). The van der Waals surface area contributed by atoms with E-state index in [0.29, 0.717) is 24.2 Å². The van der Waals surface area contributed by atoms with E-state index < -0.39 is 34.3 Å². The summed E-state index contributed by atoms with van der Waals surface area (Å²) in [7, 11) is -4.14. The van der Waals surface area contributed by atoms with Crippen LogP contribution in [0.1, 0.15) is 50.3 Å². The molecule has 214 valence electrons. The lowest BCUT2D eigenvalue weighted by atomic mass is 10.1. The van der Waals surface area contributed by atoms with Crippen molar-refractivity contribution in [3.8, 4) is 0 Å². The van der Waals surface area contributed by atoms with Gasteiger partial charge in [-0.15, -0.1) is 0 Å². The second-order valence-electron chi connectivity index (χ2n) is 9.78. The molecule has 0 radical (unpaired) electrons. The van der Waals surface area contributed by atoms with Crippen LogP contribution in [-0.4, -0.2) is 44.3 Å². The predicted octanol–water partition coefficient (Wildman–Crippen LogP) is 5.23. The number of amides is 2. The second-order valence-corrected chi connectivity index (χ2v) is 11.6. The molecule has 0 fully saturated rings. The maximum atomic E-state index is 14.0. The minimum atomic E-state index is -4.14. The molecule has 0 aliphatic rings. The van der Waals surface area contributed by atoms with Gasteiger partial charge in [0.25, 0.3) is 10.0 Å². The minimum Gasteiger partial charge on any atom is -0.354 e. The Labute approximate surface area is 237 Å². The Hall–Kier alpha value is -3.72. The van der Waals surface area contributed by atoms with Gasteiger partial charge in [0.15, 0.2) is 0 Å². The summed E-state index contributed by atoms with van der Waals surface area (Å²) in [5, 5.41) is 2.85. The number of carbonyl (C=O) groups is 2. The summed E-state index contributed by atoms with van der Waals surface area (Å²) in [5.41, 5.74) is 2.69. The van der Waals surface area contributed by atoms with Gasteiger partial charge in [-0.2, -0.15) is 0 Å². The largest absolute Gasteiger partial charge is 0.354 e. The highest BCUT2D eigenvalue weighted by Crippen LogP contribution is 2.28. The van der Waals surface area contributed by atoms with Gasteiger partial charge in [0.1, 0.15) is 18.4 Å². The van der Waals surface area contributed by atoms with Crippen molar-refractivity contribution >= 4 is 27.5 Å². The molecular weight excluding hydrogens is 529 g/mol. The molecule has 0 saturated heterocycles. The van der Waals surface area contributed by atoms with E-state index in [1.54, 1.807) is 43.3 Å². The molecule has 3 aromatic rings. The molecule has 40 heavy (non-hydrogen) atoms. The van der Waals surface area contributed by atoms with Crippen LogP contribution in [-0.2, 0) is 32.6 Å². The maximum absolute atomic E-state index is 14.0. The molecule has 0 saturated carbocycles. The first-order valence-corrected chi connectivity index (χ1v) is 15.0. The van der Waals surface area contributed by atoms with Crippen molar-refractivity contribution < 1.29 is 22.4 Å². The van der Waals surface area contributed by atoms with Crippen LogP contribution in [0.2, 0.25) is 0 Å². The molecule has 1 atom stereocenters. The Kier molecular flexibility index (Phi) is 10.8. The Morgan fingerprint density at radius 2 is 1.60 bits per heavy atom. The molecule has 0 bridgehead atoms. The van der Waals surface area contributed by atoms with E-state index in [0.717, 1.165) is 28.3 Å². The molecule has 0 unspecified atom stereocenters. The van der Waals surface area contributed by atoms with Gasteiger partial charge in [-0.3, -0.25) is 13.9 Å². The summed E-state index contributed by atoms with van der Waals surface area (Å²) in [6.07, 6.45) is 2.25. The third-order valence-electron chi connectivity index (χ3n) is 6.79. The molecule has 9 heteroatoms. The van der Waals surface area contributed by atoms with E-state index in [-0.39, 0.29) is 17.3 Å². The molecule has 0 spiro atoms. The smallest absolute Gasteiger partial charge is 0.264 e. The first-order valence-electron chi connectivity index (χ1n) is 13.6. The summed E-state index contributed by atoms with van der Waals surface area (Å²) in [6, 6.07) is 18.3. The van der Waals surface area contributed by atoms with E-state index in [9.17, 15) is 22.4 Å². The number of hydrogen-bond acceptors (Lipinski definition) is 4. The zero-order valence-electron chi connectivity index (χ0n) is 23.6. The number of sulfonamides is 1. The number of anilines is 1. The number of nitrogens with zero attached hydrogens (tertiary/aromatic N) is 2. The number of hydrogen-bond donors (Lipinski definition) is 1. The zero-order valence-corrected chi connectivity index (χ0v) is 24.4. The monoisotopic (exact) mass is 567 g/mol. The number of aryl methyl sites for hydroxylation is 2. The average molecular weight is 568 g/mol. The highest BCUT2D eigenvalue weighted by Gasteiger charge is 2.33. The molecule has 0 aromatic heterocycles. The summed E-state index contributed by atoms with van der Waals surface area (Å²) < 4.78 is 42.7. The lowest BCUT2D eigenvalue weighted by Crippen LogP contribution is -2.51. The van der Waals surface area contributed by atoms with Gasteiger partial charge in [-0.25, -0.2) is 12.8 Å². The SMILES string of the molecule is CCCCNC(=O)[C@@H](C)N(Cc1ccc(F)cc1)C(=O)CN(c1ccccc1CC)S(=O)(=O)c1ccc(C)cc1. The number of para-hydroxylation sites is 1. The number of halogens is 1. The van der Waals surface area contributed by atoms with Crippen molar-refractivity contribution in [2.45, 2.75) is 64.4 Å². The number of nitrogens with one attached hydrogen (secondary N) is 1. The van der Waals surface area contributed by atoms with Crippen LogP contribution < -0.4 is 9.62 Å². The fraction of sp³-hybridized carbons (Fsp3) is 0.355. The first kappa shape index (κ1) is 30.8. The third kappa shape index (κ3) is 7.69. The van der Waals surface area contributed by atoms with E-state index in [2.05, 4.69) is 5.32 Å². The summed E-state index contributed by atoms with van der Waals surface area (Å²) in [5.74, 6) is -1.31. The van der Waals surface area contributed by atoms with Crippen LogP contribution in [0.15, 0.2) is 77.7 Å². The van der Waals surface area contributed by atoms with Crippen LogP contribution in [0.25, 0.3) is 0 Å². The van der Waals surface area contributed by atoms with Crippen LogP contribution in [0.5, 0.6) is 0 Å². The lowest BCUT2D eigenvalue weighted by Gasteiger charge is -2.32. The average Bonchev–Trinajstić information content (AvgIpc) is 2.95. The zero-order chi connectivity index (χ0) is 29.3. The van der Waals surface area contributed by atoms with E-state index in [1.807, 2.05) is 32.9 Å². The van der Waals surface area contributed by atoms with Gasteiger partial charge in [-0.1, -0.05) is 68.3 Å². The Bertz CT molecular complexity index is 1390. The lowest BCUT2D eigenvalue weighted by molar-refractivity contribution is -0.139. The molecule has 0 heterocycles. The summed E-state index contributed by atoms with van der Waals surface area (Å²) in [4.78, 5) is 28.4. The van der Waals surface area contributed by atoms with Crippen molar-refractivity contribution in [1.29, 1.82) is 0 Å². The number of unbranched alkanes of at least 4 members (excludes halogenated alkanes) is 1. The van der Waals surface area contributed by atoms with E-state index >= 15 is 0 Å². The van der Waals surface area contributed by atoms with Gasteiger partial charge < -0.3 is 10.2 Å². The minimum absolute atomic E-state index is 0.00925. The molecule has 2 amide bonds. The van der Waals surface area contributed by atoms with E-state index in [1.165, 1.54) is 29.2 Å². The number of carbonyl (C=O) groups excluding carboxylic acids is 2. The molecule has 7 nitrogen and oxygen atoms in total. The maximum Gasteiger partial charge on any atom is 0.264 e. The molecule has 0 aliphatic carbocycles.